The number of thioether (sulfide) groups is 1. The van der Waals surface area contributed by atoms with Gasteiger partial charge < -0.3 is 9.73 Å². The summed E-state index contributed by atoms with van der Waals surface area (Å²) >= 11 is 7.35. The predicted octanol–water partition coefficient (Wildman–Crippen LogP) is 7.03. The first-order valence-electron chi connectivity index (χ1n) is 12.4. The third-order valence-corrected chi connectivity index (χ3v) is 8.36. The lowest BCUT2D eigenvalue weighted by molar-refractivity contribution is -0.121. The van der Waals surface area contributed by atoms with Crippen LogP contribution in [0.5, 0.6) is 0 Å². The van der Waals surface area contributed by atoms with Crippen molar-refractivity contribution in [2.24, 2.45) is 11.8 Å². The molecule has 1 N–H and O–H groups in total. The highest BCUT2D eigenvalue weighted by atomic mass is 35.5. The Morgan fingerprint density at radius 3 is 2.69 bits per heavy atom. The Morgan fingerprint density at radius 1 is 1.11 bits per heavy atom. The molecule has 2 aromatic heterocycles. The van der Waals surface area contributed by atoms with Crippen LogP contribution >= 0.6 is 23.4 Å². The molecule has 1 aliphatic carbocycles. The number of nitrogens with one attached hydrogen (secondary N) is 1. The van der Waals surface area contributed by atoms with E-state index in [-0.39, 0.29) is 17.2 Å². The Bertz CT molecular complexity index is 1370. The Morgan fingerprint density at radius 2 is 1.89 bits per heavy atom. The Hall–Kier alpha value is -2.90. The van der Waals surface area contributed by atoms with E-state index in [4.69, 9.17) is 21.0 Å². The number of pyridine rings is 1. The molecule has 0 spiro atoms. The highest BCUT2D eigenvalue weighted by Gasteiger charge is 2.30. The van der Waals surface area contributed by atoms with Gasteiger partial charge in [-0.3, -0.25) is 4.79 Å². The zero-order valence-corrected chi connectivity index (χ0v) is 22.1. The van der Waals surface area contributed by atoms with Crippen molar-refractivity contribution in [1.82, 2.24) is 20.5 Å². The maximum Gasteiger partial charge on any atom is 0.277 e. The standard InChI is InChI=1S/C28H29ClN4O2S/c1-16-7-6-10-23(17(16)2)31-26(34)18(3)36-28-33-32-27(35-28)22-15-25(19-11-13-20(29)14-12-19)30-24-9-5-4-8-21(22)24/h4-5,8-9,11-18,23H,6-7,10H2,1-3H3,(H,31,34)/t16-,17+,18-,23-/m1/s1. The van der Waals surface area contributed by atoms with Gasteiger partial charge in [0.15, 0.2) is 0 Å². The molecule has 1 aliphatic rings. The Kier molecular flexibility index (Phi) is 7.30. The SMILES string of the molecule is C[C@H]1[C@H](C)CCC[C@H]1NC(=O)[C@@H](C)Sc1nnc(-c2cc(-c3ccc(Cl)cc3)nc3ccccc23)o1. The molecule has 6 nitrogen and oxygen atoms in total. The number of hydrogen-bond donors (Lipinski definition) is 1. The molecule has 1 saturated carbocycles. The van der Waals surface area contributed by atoms with Gasteiger partial charge in [0.2, 0.25) is 11.8 Å². The van der Waals surface area contributed by atoms with Crippen molar-refractivity contribution in [3.63, 3.8) is 0 Å². The number of benzene rings is 2. The zero-order chi connectivity index (χ0) is 25.2. The quantitative estimate of drug-likeness (QED) is 0.275. The second-order valence-corrected chi connectivity index (χ2v) is 11.3. The van der Waals surface area contributed by atoms with E-state index in [1.807, 2.05) is 61.5 Å². The first-order valence-corrected chi connectivity index (χ1v) is 13.6. The highest BCUT2D eigenvalue weighted by molar-refractivity contribution is 8.00. The van der Waals surface area contributed by atoms with Crippen molar-refractivity contribution < 1.29 is 9.21 Å². The van der Waals surface area contributed by atoms with Crippen molar-refractivity contribution in [3.05, 3.63) is 59.6 Å². The van der Waals surface area contributed by atoms with Crippen LogP contribution in [-0.2, 0) is 4.79 Å². The van der Waals surface area contributed by atoms with Crippen LogP contribution in [0.4, 0.5) is 0 Å². The van der Waals surface area contributed by atoms with E-state index in [1.165, 1.54) is 18.2 Å². The summed E-state index contributed by atoms with van der Waals surface area (Å²) in [5, 5.41) is 13.4. The highest BCUT2D eigenvalue weighted by Crippen LogP contribution is 2.34. The summed E-state index contributed by atoms with van der Waals surface area (Å²) in [4.78, 5) is 17.7. The van der Waals surface area contributed by atoms with Gasteiger partial charge in [-0.1, -0.05) is 80.4 Å². The molecule has 0 unspecified atom stereocenters. The van der Waals surface area contributed by atoms with E-state index in [0.717, 1.165) is 40.6 Å². The summed E-state index contributed by atoms with van der Waals surface area (Å²) in [6.45, 7) is 6.37. The first-order chi connectivity index (χ1) is 17.4. The molecule has 0 saturated heterocycles. The number of hydrogen-bond acceptors (Lipinski definition) is 6. The average molecular weight is 521 g/mol. The lowest BCUT2D eigenvalue weighted by atomic mass is 9.78. The van der Waals surface area contributed by atoms with Gasteiger partial charge in [0.05, 0.1) is 22.0 Å². The number of fused-ring (bicyclic) bond motifs is 1. The van der Waals surface area contributed by atoms with Crippen LogP contribution in [0.2, 0.25) is 5.02 Å². The second kappa shape index (κ2) is 10.6. The normalized spacial score (nSPS) is 20.8. The van der Waals surface area contributed by atoms with Crippen LogP contribution in [-0.4, -0.2) is 32.4 Å². The van der Waals surface area contributed by atoms with E-state index < -0.39 is 0 Å². The van der Waals surface area contributed by atoms with Crippen LogP contribution in [0.3, 0.4) is 0 Å². The molecule has 8 heteroatoms. The van der Waals surface area contributed by atoms with Crippen molar-refractivity contribution in [2.45, 2.75) is 56.5 Å². The van der Waals surface area contributed by atoms with Gasteiger partial charge in [-0.2, -0.15) is 0 Å². The van der Waals surface area contributed by atoms with Crippen molar-refractivity contribution in [3.8, 4) is 22.7 Å². The van der Waals surface area contributed by atoms with E-state index in [9.17, 15) is 4.79 Å². The molecule has 0 radical (unpaired) electrons. The van der Waals surface area contributed by atoms with Gasteiger partial charge >= 0.3 is 0 Å². The number of carbonyl (C=O) groups excluding carboxylic acids is 1. The molecule has 2 aromatic carbocycles. The fourth-order valence-electron chi connectivity index (χ4n) is 4.78. The van der Waals surface area contributed by atoms with E-state index in [2.05, 4.69) is 29.4 Å². The first kappa shape index (κ1) is 24.8. The van der Waals surface area contributed by atoms with Crippen LogP contribution in [0, 0.1) is 11.8 Å². The number of aromatic nitrogens is 3. The molecule has 1 amide bonds. The van der Waals surface area contributed by atoms with Crippen molar-refractivity contribution >= 4 is 40.2 Å². The van der Waals surface area contributed by atoms with Gasteiger partial charge in [-0.05, 0) is 49.4 Å². The van der Waals surface area contributed by atoms with Gasteiger partial charge in [-0.25, -0.2) is 4.98 Å². The zero-order valence-electron chi connectivity index (χ0n) is 20.6. The molecular weight excluding hydrogens is 492 g/mol. The van der Waals surface area contributed by atoms with Crippen LogP contribution in [0.15, 0.2) is 64.2 Å². The molecule has 0 aliphatic heterocycles. The monoisotopic (exact) mass is 520 g/mol. The molecular formula is C28H29ClN4O2S. The molecule has 0 bridgehead atoms. The number of amides is 1. The van der Waals surface area contributed by atoms with E-state index in [1.54, 1.807) is 0 Å². The van der Waals surface area contributed by atoms with Crippen LogP contribution in [0.1, 0.15) is 40.0 Å². The number of para-hydroxylation sites is 1. The van der Waals surface area contributed by atoms with E-state index >= 15 is 0 Å². The Balaban J connectivity index is 1.37. The van der Waals surface area contributed by atoms with Crippen molar-refractivity contribution in [1.29, 1.82) is 0 Å². The summed E-state index contributed by atoms with van der Waals surface area (Å²) in [6, 6.07) is 17.6. The fourth-order valence-corrected chi connectivity index (χ4v) is 5.60. The maximum atomic E-state index is 12.9. The molecule has 186 valence electrons. The van der Waals surface area contributed by atoms with E-state index in [0.29, 0.717) is 28.0 Å². The molecule has 2 heterocycles. The number of rotatable bonds is 6. The Labute approximate surface area is 220 Å². The fraction of sp³-hybridized carbons (Fsp3) is 0.357. The third-order valence-electron chi connectivity index (χ3n) is 7.17. The third kappa shape index (κ3) is 5.27. The summed E-state index contributed by atoms with van der Waals surface area (Å²) in [7, 11) is 0. The molecule has 5 rings (SSSR count). The molecule has 4 aromatic rings. The second-order valence-electron chi connectivity index (χ2n) is 9.59. The summed E-state index contributed by atoms with van der Waals surface area (Å²) in [6.07, 6.45) is 3.42. The van der Waals surface area contributed by atoms with Gasteiger partial charge in [0.1, 0.15) is 0 Å². The lowest BCUT2D eigenvalue weighted by Crippen LogP contribution is -2.46. The molecule has 1 fully saturated rings. The predicted molar refractivity (Wildman–Crippen MR) is 145 cm³/mol. The number of nitrogens with zero attached hydrogens (tertiary/aromatic N) is 3. The lowest BCUT2D eigenvalue weighted by Gasteiger charge is -2.35. The van der Waals surface area contributed by atoms with Gasteiger partial charge in [0.25, 0.3) is 5.22 Å². The largest absolute Gasteiger partial charge is 0.411 e. The summed E-state index contributed by atoms with van der Waals surface area (Å²) < 4.78 is 6.05. The minimum Gasteiger partial charge on any atom is -0.411 e. The molecule has 4 atom stereocenters. The summed E-state index contributed by atoms with van der Waals surface area (Å²) in [5.74, 6) is 1.50. The smallest absolute Gasteiger partial charge is 0.277 e. The number of carbonyl (C=O) groups is 1. The topological polar surface area (TPSA) is 80.9 Å². The maximum absolute atomic E-state index is 12.9. The molecule has 36 heavy (non-hydrogen) atoms. The minimum atomic E-state index is -0.346. The van der Waals surface area contributed by atoms with Gasteiger partial charge in [0, 0.05) is 22.0 Å². The van der Waals surface area contributed by atoms with Crippen LogP contribution in [0.25, 0.3) is 33.6 Å². The average Bonchev–Trinajstić information content (AvgIpc) is 3.34. The number of halogens is 1. The minimum absolute atomic E-state index is 0.00471. The van der Waals surface area contributed by atoms with Gasteiger partial charge in [-0.15, -0.1) is 10.2 Å². The van der Waals surface area contributed by atoms with Crippen molar-refractivity contribution in [2.75, 3.05) is 0 Å². The summed E-state index contributed by atoms with van der Waals surface area (Å²) in [5.41, 5.74) is 3.36. The van der Waals surface area contributed by atoms with Crippen LogP contribution < -0.4 is 5.32 Å².